The molecule has 0 aromatic heterocycles. The topological polar surface area (TPSA) is 20.3 Å². The van der Waals surface area contributed by atoms with E-state index < -0.39 is 0 Å². The fourth-order valence-electron chi connectivity index (χ4n) is 1.19. The number of carbonyl (C=O) groups is 1. The van der Waals surface area contributed by atoms with E-state index in [9.17, 15) is 4.79 Å². The van der Waals surface area contributed by atoms with Crippen LogP contribution in [-0.2, 0) is 4.79 Å². The molecule has 0 unspecified atom stereocenters. The third kappa shape index (κ3) is 2.33. The number of hydrogen-bond acceptors (Lipinski definition) is 1. The van der Waals surface area contributed by atoms with Crippen LogP contribution in [0.4, 0.5) is 11.4 Å². The van der Waals surface area contributed by atoms with Gasteiger partial charge in [-0.2, -0.15) is 0 Å². The fraction of sp³-hybridized carbons (Fsp3) is 0.364. The first-order chi connectivity index (χ1) is 6.45. The van der Waals surface area contributed by atoms with E-state index in [1.165, 1.54) is 5.69 Å². The summed E-state index contributed by atoms with van der Waals surface area (Å²) in [6.45, 7) is 0. The zero-order valence-corrected chi connectivity index (χ0v) is 9.19. The lowest BCUT2D eigenvalue weighted by Gasteiger charge is -2.24. The summed E-state index contributed by atoms with van der Waals surface area (Å²) in [6, 6.07) is 7.97. The number of rotatable bonds is 3. The van der Waals surface area contributed by atoms with Gasteiger partial charge in [0.05, 0.1) is 21.1 Å². The molecule has 0 fully saturated rings. The van der Waals surface area contributed by atoms with Crippen LogP contribution in [0.1, 0.15) is 0 Å². The van der Waals surface area contributed by atoms with Crippen molar-refractivity contribution < 1.29 is 4.79 Å². The molecule has 14 heavy (non-hydrogen) atoms. The van der Waals surface area contributed by atoms with Crippen LogP contribution in [0.2, 0.25) is 0 Å². The number of amides is 1. The van der Waals surface area contributed by atoms with Gasteiger partial charge in [-0.05, 0) is 12.1 Å². The number of benzene rings is 1. The molecule has 0 saturated carbocycles. The molecular weight excluding hydrogens is 176 g/mol. The van der Waals surface area contributed by atoms with Gasteiger partial charge in [0.1, 0.15) is 5.69 Å². The van der Waals surface area contributed by atoms with E-state index in [4.69, 9.17) is 0 Å². The number of nitrogens with zero attached hydrogens (tertiary/aromatic N) is 2. The maximum atomic E-state index is 10.6. The predicted octanol–water partition coefficient (Wildman–Crippen LogP) is 1.48. The van der Waals surface area contributed by atoms with E-state index in [1.54, 1.807) is 11.9 Å². The van der Waals surface area contributed by atoms with Gasteiger partial charge in [-0.15, -0.1) is 0 Å². The Morgan fingerprint density at radius 1 is 1.29 bits per heavy atom. The Labute approximate surface area is 85.1 Å². The Bertz CT molecular complexity index is 328. The normalized spacial score (nSPS) is 11.1. The van der Waals surface area contributed by atoms with Gasteiger partial charge >= 0.3 is 0 Å². The van der Waals surface area contributed by atoms with Crippen molar-refractivity contribution in [1.82, 2.24) is 4.48 Å². The van der Waals surface area contributed by atoms with Crippen molar-refractivity contribution in [3.05, 3.63) is 24.3 Å². The Kier molecular flexibility index (Phi) is 2.91. The molecule has 1 aromatic rings. The molecule has 0 spiro atoms. The molecule has 0 saturated heterocycles. The maximum absolute atomic E-state index is 10.6. The van der Waals surface area contributed by atoms with Crippen LogP contribution >= 0.6 is 0 Å². The molecule has 0 atom stereocenters. The lowest BCUT2D eigenvalue weighted by Crippen LogP contribution is -2.34. The minimum atomic E-state index is 0.751. The zero-order valence-electron chi connectivity index (χ0n) is 9.19. The van der Waals surface area contributed by atoms with Crippen molar-refractivity contribution in [2.75, 3.05) is 33.1 Å². The van der Waals surface area contributed by atoms with E-state index >= 15 is 0 Å². The van der Waals surface area contributed by atoms with Gasteiger partial charge in [-0.25, -0.2) is 0 Å². The molecule has 0 radical (unpaired) electrons. The second kappa shape index (κ2) is 3.80. The van der Waals surface area contributed by atoms with Gasteiger partial charge in [-0.3, -0.25) is 9.28 Å². The number of carbonyl (C=O) groups excluding carboxylic acids is 1. The highest BCUT2D eigenvalue weighted by Crippen LogP contribution is 2.22. The zero-order chi connectivity index (χ0) is 10.8. The summed E-state index contributed by atoms with van der Waals surface area (Å²) in [5, 5.41) is 0. The van der Waals surface area contributed by atoms with E-state index in [0.717, 1.165) is 16.6 Å². The van der Waals surface area contributed by atoms with Crippen LogP contribution in [0.15, 0.2) is 24.3 Å². The van der Waals surface area contributed by atoms with Crippen LogP contribution in [0.3, 0.4) is 0 Å². The van der Waals surface area contributed by atoms with Crippen molar-refractivity contribution >= 4 is 17.8 Å². The highest BCUT2D eigenvalue weighted by atomic mass is 16.1. The highest BCUT2D eigenvalue weighted by Gasteiger charge is 2.12. The Balaban J connectivity index is 3.07. The Morgan fingerprint density at radius 2 is 1.93 bits per heavy atom. The first-order valence-electron chi connectivity index (χ1n) is 4.55. The van der Waals surface area contributed by atoms with Crippen molar-refractivity contribution in [3.8, 4) is 0 Å². The lowest BCUT2D eigenvalue weighted by molar-refractivity contribution is -0.107. The average Bonchev–Trinajstić information content (AvgIpc) is 2.15. The summed E-state index contributed by atoms with van der Waals surface area (Å²) in [7, 11) is 8.04. The van der Waals surface area contributed by atoms with Crippen LogP contribution < -0.4 is 9.38 Å². The molecule has 1 amide bonds. The summed E-state index contributed by atoms with van der Waals surface area (Å²) >= 11 is 0. The second-order valence-electron chi connectivity index (χ2n) is 4.25. The van der Waals surface area contributed by atoms with Gasteiger partial charge < -0.3 is 4.90 Å². The third-order valence-corrected chi connectivity index (χ3v) is 2.17. The standard InChI is InChI=1S/C11H17N2O/c1-12(9-14)10-6-5-7-11(8-10)13(2,3)4/h5-9H,1-4H3/q+1. The van der Waals surface area contributed by atoms with Crippen LogP contribution in [0.25, 0.3) is 0 Å². The van der Waals surface area contributed by atoms with Crippen LogP contribution in [0.5, 0.6) is 0 Å². The maximum Gasteiger partial charge on any atom is 0.213 e. The molecule has 0 N–H and O–H groups in total. The summed E-state index contributed by atoms with van der Waals surface area (Å²) in [5.74, 6) is 0. The second-order valence-corrected chi connectivity index (χ2v) is 4.25. The highest BCUT2D eigenvalue weighted by molar-refractivity contribution is 5.75. The van der Waals surface area contributed by atoms with Crippen molar-refractivity contribution in [2.45, 2.75) is 0 Å². The Morgan fingerprint density at radius 3 is 2.43 bits per heavy atom. The SMILES string of the molecule is CN(C=O)c1cccc([N+](C)(C)C)c1. The van der Waals surface area contributed by atoms with Crippen molar-refractivity contribution in [2.24, 2.45) is 0 Å². The minimum Gasteiger partial charge on any atom is -0.318 e. The summed E-state index contributed by atoms with van der Waals surface area (Å²) in [5.41, 5.74) is 2.10. The van der Waals surface area contributed by atoms with E-state index in [1.807, 2.05) is 18.2 Å². The molecular formula is C11H17N2O+. The van der Waals surface area contributed by atoms with Crippen LogP contribution in [-0.4, -0.2) is 34.6 Å². The number of anilines is 1. The number of hydrogen-bond donors (Lipinski definition) is 0. The van der Waals surface area contributed by atoms with Gasteiger partial charge in [0, 0.05) is 18.8 Å². The summed E-state index contributed by atoms with van der Waals surface area (Å²) in [4.78, 5) is 12.2. The monoisotopic (exact) mass is 193 g/mol. The molecule has 3 nitrogen and oxygen atoms in total. The van der Waals surface area contributed by atoms with Crippen LogP contribution in [0, 0.1) is 0 Å². The van der Waals surface area contributed by atoms with Gasteiger partial charge in [-0.1, -0.05) is 6.07 Å². The van der Waals surface area contributed by atoms with E-state index in [-0.39, 0.29) is 0 Å². The van der Waals surface area contributed by atoms with Gasteiger partial charge in [0.15, 0.2) is 0 Å². The largest absolute Gasteiger partial charge is 0.318 e. The Hall–Kier alpha value is -1.35. The molecule has 0 aliphatic heterocycles. The first-order valence-corrected chi connectivity index (χ1v) is 4.55. The molecule has 0 aliphatic carbocycles. The van der Waals surface area contributed by atoms with Crippen molar-refractivity contribution in [3.63, 3.8) is 0 Å². The molecule has 76 valence electrons. The van der Waals surface area contributed by atoms with E-state index in [2.05, 4.69) is 27.2 Å². The molecule has 1 aromatic carbocycles. The molecule has 0 heterocycles. The molecule has 0 bridgehead atoms. The van der Waals surface area contributed by atoms with Gasteiger partial charge in [0.25, 0.3) is 0 Å². The predicted molar refractivity (Wildman–Crippen MR) is 60.5 cm³/mol. The third-order valence-electron chi connectivity index (χ3n) is 2.17. The molecule has 0 aliphatic rings. The molecule has 3 heteroatoms. The van der Waals surface area contributed by atoms with E-state index in [0.29, 0.717) is 0 Å². The molecule has 1 rings (SSSR count). The number of quaternary nitrogens is 1. The summed E-state index contributed by atoms with van der Waals surface area (Å²) in [6.07, 6.45) is 0.814. The van der Waals surface area contributed by atoms with Crippen molar-refractivity contribution in [1.29, 1.82) is 0 Å². The van der Waals surface area contributed by atoms with Gasteiger partial charge in [0.2, 0.25) is 6.41 Å². The quantitative estimate of drug-likeness (QED) is 0.526. The lowest BCUT2D eigenvalue weighted by atomic mass is 10.2. The minimum absolute atomic E-state index is 0.751. The first kappa shape index (κ1) is 10.7. The summed E-state index contributed by atoms with van der Waals surface area (Å²) < 4.78 is 0.751. The fourth-order valence-corrected chi connectivity index (χ4v) is 1.19. The smallest absolute Gasteiger partial charge is 0.213 e. The average molecular weight is 193 g/mol.